The SMILES string of the molecule is CCn1nc(C)c(/C=C/[N+](=O)[O-])c1C. The molecule has 0 saturated heterocycles. The fraction of sp³-hybridized carbons (Fsp3) is 0.444. The van der Waals surface area contributed by atoms with Crippen LogP contribution in [-0.2, 0) is 6.54 Å². The largest absolute Gasteiger partial charge is 0.269 e. The van der Waals surface area contributed by atoms with Crippen LogP contribution in [0.3, 0.4) is 0 Å². The number of hydrogen-bond donors (Lipinski definition) is 0. The van der Waals surface area contributed by atoms with Crippen LogP contribution >= 0.6 is 0 Å². The Balaban J connectivity index is 3.08. The van der Waals surface area contributed by atoms with Gasteiger partial charge in [-0.3, -0.25) is 14.8 Å². The van der Waals surface area contributed by atoms with E-state index < -0.39 is 4.92 Å². The molecule has 0 atom stereocenters. The second-order valence-corrected chi connectivity index (χ2v) is 3.00. The van der Waals surface area contributed by atoms with E-state index in [2.05, 4.69) is 5.10 Å². The lowest BCUT2D eigenvalue weighted by Crippen LogP contribution is -1.98. The summed E-state index contributed by atoms with van der Waals surface area (Å²) in [5.74, 6) is 0. The van der Waals surface area contributed by atoms with Gasteiger partial charge < -0.3 is 0 Å². The van der Waals surface area contributed by atoms with Crippen LogP contribution in [-0.4, -0.2) is 14.7 Å². The monoisotopic (exact) mass is 195 g/mol. The van der Waals surface area contributed by atoms with Gasteiger partial charge in [-0.25, -0.2) is 0 Å². The van der Waals surface area contributed by atoms with E-state index in [0.717, 1.165) is 29.7 Å². The van der Waals surface area contributed by atoms with Crippen molar-refractivity contribution in [2.75, 3.05) is 0 Å². The second-order valence-electron chi connectivity index (χ2n) is 3.00. The minimum Gasteiger partial charge on any atom is -0.269 e. The molecule has 0 aliphatic rings. The van der Waals surface area contributed by atoms with Crippen molar-refractivity contribution in [3.05, 3.63) is 33.3 Å². The minimum absolute atomic E-state index is 0.470. The molecule has 0 saturated carbocycles. The molecule has 1 heterocycles. The molecular weight excluding hydrogens is 182 g/mol. The smallest absolute Gasteiger partial charge is 0.235 e. The molecule has 1 aromatic heterocycles. The molecule has 76 valence electrons. The molecule has 1 aromatic rings. The standard InChI is InChI=1S/C9H13N3O2/c1-4-11-8(3)9(7(2)10-11)5-6-12(13)14/h5-6H,4H2,1-3H3/b6-5+. The summed E-state index contributed by atoms with van der Waals surface area (Å²) in [7, 11) is 0. The Labute approximate surface area is 82.2 Å². The van der Waals surface area contributed by atoms with Gasteiger partial charge in [-0.15, -0.1) is 0 Å². The molecule has 14 heavy (non-hydrogen) atoms. The zero-order chi connectivity index (χ0) is 10.7. The van der Waals surface area contributed by atoms with Crippen molar-refractivity contribution >= 4 is 6.08 Å². The molecule has 0 aliphatic carbocycles. The average molecular weight is 195 g/mol. The van der Waals surface area contributed by atoms with E-state index in [-0.39, 0.29) is 0 Å². The van der Waals surface area contributed by atoms with Gasteiger partial charge in [0.2, 0.25) is 6.20 Å². The lowest BCUT2D eigenvalue weighted by molar-refractivity contribution is -0.400. The summed E-state index contributed by atoms with van der Waals surface area (Å²) in [5.41, 5.74) is 2.62. The second kappa shape index (κ2) is 4.04. The van der Waals surface area contributed by atoms with Crippen LogP contribution in [0.15, 0.2) is 6.20 Å². The molecule has 0 radical (unpaired) electrons. The quantitative estimate of drug-likeness (QED) is 0.545. The fourth-order valence-corrected chi connectivity index (χ4v) is 1.40. The van der Waals surface area contributed by atoms with Gasteiger partial charge in [0.1, 0.15) is 0 Å². The normalized spacial score (nSPS) is 11.1. The highest BCUT2D eigenvalue weighted by molar-refractivity contribution is 5.53. The summed E-state index contributed by atoms with van der Waals surface area (Å²) in [6.07, 6.45) is 2.43. The van der Waals surface area contributed by atoms with Crippen LogP contribution < -0.4 is 0 Å². The van der Waals surface area contributed by atoms with E-state index >= 15 is 0 Å². The van der Waals surface area contributed by atoms with E-state index in [1.807, 2.05) is 25.5 Å². The predicted molar refractivity (Wildman–Crippen MR) is 53.4 cm³/mol. The molecule has 5 heteroatoms. The molecule has 5 nitrogen and oxygen atoms in total. The Bertz CT molecular complexity index is 380. The van der Waals surface area contributed by atoms with E-state index in [4.69, 9.17) is 0 Å². The lowest BCUT2D eigenvalue weighted by atomic mass is 10.2. The highest BCUT2D eigenvalue weighted by Crippen LogP contribution is 2.14. The van der Waals surface area contributed by atoms with Crippen molar-refractivity contribution in [2.24, 2.45) is 0 Å². The topological polar surface area (TPSA) is 61.0 Å². The molecule has 0 bridgehead atoms. The first kappa shape index (κ1) is 10.4. The third-order valence-corrected chi connectivity index (χ3v) is 2.10. The van der Waals surface area contributed by atoms with E-state index in [1.165, 1.54) is 6.08 Å². The maximum absolute atomic E-state index is 10.2. The van der Waals surface area contributed by atoms with Crippen LogP contribution in [0.1, 0.15) is 23.9 Å². The van der Waals surface area contributed by atoms with Crippen molar-refractivity contribution in [3.8, 4) is 0 Å². The van der Waals surface area contributed by atoms with E-state index in [1.54, 1.807) is 0 Å². The first-order valence-corrected chi connectivity index (χ1v) is 4.42. The number of hydrogen-bond acceptors (Lipinski definition) is 3. The number of aryl methyl sites for hydroxylation is 2. The Morgan fingerprint density at radius 2 is 2.21 bits per heavy atom. The van der Waals surface area contributed by atoms with E-state index in [0.29, 0.717) is 0 Å². The molecule has 0 N–H and O–H groups in total. The van der Waals surface area contributed by atoms with Crippen LogP contribution in [0.5, 0.6) is 0 Å². The molecule has 1 rings (SSSR count). The van der Waals surface area contributed by atoms with Gasteiger partial charge in [0.05, 0.1) is 10.6 Å². The van der Waals surface area contributed by atoms with Crippen molar-refractivity contribution in [1.29, 1.82) is 0 Å². The van der Waals surface area contributed by atoms with E-state index in [9.17, 15) is 10.1 Å². The summed E-state index contributed by atoms with van der Waals surface area (Å²) >= 11 is 0. The molecular formula is C9H13N3O2. The zero-order valence-electron chi connectivity index (χ0n) is 8.52. The van der Waals surface area contributed by atoms with Gasteiger partial charge >= 0.3 is 0 Å². The predicted octanol–water partition coefficient (Wildman–Crippen LogP) is 1.77. The molecule has 0 amide bonds. The minimum atomic E-state index is -0.470. The summed E-state index contributed by atoms with van der Waals surface area (Å²) in [4.78, 5) is 9.69. The number of nitrogens with zero attached hydrogens (tertiary/aromatic N) is 3. The Morgan fingerprint density at radius 1 is 1.57 bits per heavy atom. The summed E-state index contributed by atoms with van der Waals surface area (Å²) in [5, 5.41) is 14.4. The zero-order valence-corrected chi connectivity index (χ0v) is 8.52. The van der Waals surface area contributed by atoms with Crippen molar-refractivity contribution in [2.45, 2.75) is 27.3 Å². The van der Waals surface area contributed by atoms with Crippen LogP contribution in [0.4, 0.5) is 0 Å². The number of rotatable bonds is 3. The van der Waals surface area contributed by atoms with Crippen molar-refractivity contribution in [3.63, 3.8) is 0 Å². The number of nitro groups is 1. The fourth-order valence-electron chi connectivity index (χ4n) is 1.40. The third kappa shape index (κ3) is 1.99. The average Bonchev–Trinajstić information content (AvgIpc) is 2.39. The summed E-state index contributed by atoms with van der Waals surface area (Å²) in [6.45, 7) is 6.52. The van der Waals surface area contributed by atoms with Crippen LogP contribution in [0, 0.1) is 24.0 Å². The summed E-state index contributed by atoms with van der Waals surface area (Å²) < 4.78 is 1.83. The third-order valence-electron chi connectivity index (χ3n) is 2.10. The van der Waals surface area contributed by atoms with Gasteiger partial charge in [-0.05, 0) is 20.8 Å². The first-order valence-electron chi connectivity index (χ1n) is 4.42. The van der Waals surface area contributed by atoms with Crippen molar-refractivity contribution < 1.29 is 4.92 Å². The lowest BCUT2D eigenvalue weighted by Gasteiger charge is -1.97. The van der Waals surface area contributed by atoms with Crippen LogP contribution in [0.25, 0.3) is 6.08 Å². The number of aromatic nitrogens is 2. The highest BCUT2D eigenvalue weighted by atomic mass is 16.6. The molecule has 0 aromatic carbocycles. The molecule has 0 fully saturated rings. The van der Waals surface area contributed by atoms with Gasteiger partial charge in [0, 0.05) is 23.9 Å². The maximum Gasteiger partial charge on any atom is 0.235 e. The Kier molecular flexibility index (Phi) is 3.01. The van der Waals surface area contributed by atoms with Crippen molar-refractivity contribution in [1.82, 2.24) is 9.78 Å². The summed E-state index contributed by atoms with van der Waals surface area (Å²) in [6, 6.07) is 0. The molecule has 0 unspecified atom stereocenters. The molecule has 0 aliphatic heterocycles. The van der Waals surface area contributed by atoms with Gasteiger partial charge in [-0.2, -0.15) is 5.10 Å². The first-order chi connectivity index (χ1) is 6.56. The maximum atomic E-state index is 10.2. The highest BCUT2D eigenvalue weighted by Gasteiger charge is 2.08. The van der Waals surface area contributed by atoms with Crippen LogP contribution in [0.2, 0.25) is 0 Å². The van der Waals surface area contributed by atoms with Gasteiger partial charge in [0.25, 0.3) is 0 Å². The Hall–Kier alpha value is -1.65. The van der Waals surface area contributed by atoms with Gasteiger partial charge in [-0.1, -0.05) is 0 Å². The Morgan fingerprint density at radius 3 is 2.64 bits per heavy atom. The molecule has 0 spiro atoms. The van der Waals surface area contributed by atoms with Gasteiger partial charge in [0.15, 0.2) is 0 Å².